The molecule has 114 valence electrons. The second kappa shape index (κ2) is 4.30. The first-order chi connectivity index (χ1) is 10.5. The van der Waals surface area contributed by atoms with E-state index in [1.54, 1.807) is 30.3 Å². The van der Waals surface area contributed by atoms with E-state index in [1.165, 1.54) is 7.11 Å². The highest BCUT2D eigenvalue weighted by Crippen LogP contribution is 2.53. The minimum Gasteiger partial charge on any atom is -0.508 e. The molecule has 2 aliphatic rings. The lowest BCUT2D eigenvalue weighted by molar-refractivity contribution is -0.0218. The van der Waals surface area contributed by atoms with Crippen LogP contribution in [0.5, 0.6) is 23.0 Å². The molecule has 22 heavy (non-hydrogen) atoms. The van der Waals surface area contributed by atoms with Crippen LogP contribution in [0.1, 0.15) is 22.6 Å². The topological polar surface area (TPSA) is 79.2 Å². The van der Waals surface area contributed by atoms with Gasteiger partial charge in [0, 0.05) is 24.0 Å². The van der Waals surface area contributed by atoms with Crippen molar-refractivity contribution in [3.8, 4) is 23.0 Å². The molecule has 0 saturated heterocycles. The summed E-state index contributed by atoms with van der Waals surface area (Å²) in [6.45, 7) is 0.145. The predicted octanol–water partition coefficient (Wildman–Crippen LogP) is 1.92. The normalized spacial score (nSPS) is 24.9. The molecule has 5 heteroatoms. The summed E-state index contributed by atoms with van der Waals surface area (Å²) in [5.41, 5.74) is 1.57. The lowest BCUT2D eigenvalue weighted by Crippen LogP contribution is -2.43. The van der Waals surface area contributed by atoms with Crippen LogP contribution in [0.15, 0.2) is 30.3 Å². The summed E-state index contributed by atoms with van der Waals surface area (Å²) in [4.78, 5) is 0. The van der Waals surface area contributed by atoms with Gasteiger partial charge in [0.2, 0.25) is 0 Å². The zero-order valence-electron chi connectivity index (χ0n) is 12.0. The second-order valence-corrected chi connectivity index (χ2v) is 5.95. The third kappa shape index (κ3) is 1.69. The first-order valence-electron chi connectivity index (χ1n) is 7.10. The number of benzene rings is 2. The first-order valence-corrected chi connectivity index (χ1v) is 7.10. The van der Waals surface area contributed by atoms with E-state index >= 15 is 0 Å². The molecule has 0 radical (unpaired) electrons. The summed E-state index contributed by atoms with van der Waals surface area (Å²) in [6.07, 6.45) is 0.434. The summed E-state index contributed by atoms with van der Waals surface area (Å²) in [5, 5.41) is 30.7. The van der Waals surface area contributed by atoms with Gasteiger partial charge in [0.05, 0.1) is 7.11 Å². The zero-order valence-corrected chi connectivity index (χ0v) is 12.0. The average Bonchev–Trinajstić information content (AvgIpc) is 2.78. The van der Waals surface area contributed by atoms with E-state index in [2.05, 4.69) is 0 Å². The third-order valence-corrected chi connectivity index (χ3v) is 4.57. The van der Waals surface area contributed by atoms with Crippen molar-refractivity contribution in [3.63, 3.8) is 0 Å². The van der Waals surface area contributed by atoms with Crippen LogP contribution in [-0.4, -0.2) is 34.6 Å². The average molecular weight is 300 g/mol. The molecule has 0 aromatic heterocycles. The predicted molar refractivity (Wildman–Crippen MR) is 78.8 cm³/mol. The molecule has 0 spiro atoms. The number of aromatic hydroxyl groups is 2. The molecule has 1 aliphatic heterocycles. The molecule has 5 nitrogen and oxygen atoms in total. The number of phenols is 2. The van der Waals surface area contributed by atoms with E-state index in [4.69, 9.17) is 9.47 Å². The molecular formula is C17H16O5. The van der Waals surface area contributed by atoms with E-state index in [9.17, 15) is 15.3 Å². The Morgan fingerprint density at radius 2 is 2.00 bits per heavy atom. The molecule has 1 heterocycles. The Labute approximate surface area is 127 Å². The van der Waals surface area contributed by atoms with Crippen molar-refractivity contribution in [2.45, 2.75) is 17.9 Å². The van der Waals surface area contributed by atoms with Crippen LogP contribution in [-0.2, 0) is 6.42 Å². The molecule has 0 saturated carbocycles. The Balaban J connectivity index is 1.92. The maximum Gasteiger partial charge on any atom is 0.160 e. The van der Waals surface area contributed by atoms with Gasteiger partial charge in [-0.3, -0.25) is 0 Å². The van der Waals surface area contributed by atoms with E-state index in [-0.39, 0.29) is 24.0 Å². The van der Waals surface area contributed by atoms with Gasteiger partial charge in [0.1, 0.15) is 23.7 Å². The van der Waals surface area contributed by atoms with Crippen LogP contribution in [0.2, 0.25) is 0 Å². The summed E-state index contributed by atoms with van der Waals surface area (Å²) in [5.74, 6) is 0.853. The highest BCUT2D eigenvalue weighted by atomic mass is 16.5. The fourth-order valence-corrected chi connectivity index (χ4v) is 3.61. The molecule has 0 bridgehead atoms. The van der Waals surface area contributed by atoms with Gasteiger partial charge in [0.25, 0.3) is 0 Å². The van der Waals surface area contributed by atoms with Crippen molar-refractivity contribution in [2.24, 2.45) is 0 Å². The number of hydrogen-bond donors (Lipinski definition) is 3. The quantitative estimate of drug-likeness (QED) is 0.750. The number of hydrogen-bond acceptors (Lipinski definition) is 5. The van der Waals surface area contributed by atoms with Crippen LogP contribution in [0.3, 0.4) is 0 Å². The highest BCUT2D eigenvalue weighted by Gasteiger charge is 2.50. The lowest BCUT2D eigenvalue weighted by atomic mass is 9.80. The van der Waals surface area contributed by atoms with Crippen LogP contribution in [0.4, 0.5) is 0 Å². The smallest absolute Gasteiger partial charge is 0.160 e. The van der Waals surface area contributed by atoms with Gasteiger partial charge < -0.3 is 24.8 Å². The fraction of sp³-hybridized carbons (Fsp3) is 0.294. The van der Waals surface area contributed by atoms with Crippen LogP contribution < -0.4 is 9.47 Å². The Morgan fingerprint density at radius 1 is 1.18 bits per heavy atom. The van der Waals surface area contributed by atoms with E-state index in [0.29, 0.717) is 17.9 Å². The molecule has 4 rings (SSSR count). The Hall–Kier alpha value is -2.40. The summed E-state index contributed by atoms with van der Waals surface area (Å²) in [6, 6.07) is 8.31. The van der Waals surface area contributed by atoms with E-state index in [0.717, 1.165) is 16.7 Å². The number of ether oxygens (including phenoxy) is 2. The minimum absolute atomic E-state index is 0.0531. The van der Waals surface area contributed by atoms with Crippen LogP contribution in [0.25, 0.3) is 0 Å². The summed E-state index contributed by atoms with van der Waals surface area (Å²) < 4.78 is 10.8. The standard InChI is InChI=1S/C17H16O5/c1-21-15-4-9-7-17(20)8-22-14-5-10(18)2-3-11(14)16(17)12(9)6-13(15)19/h2-6,16,18-20H,7-8H2,1H3/t16-,17-/m0/s1. The van der Waals surface area contributed by atoms with Crippen LogP contribution >= 0.6 is 0 Å². The maximum atomic E-state index is 11.0. The van der Waals surface area contributed by atoms with Crippen molar-refractivity contribution in [2.75, 3.05) is 13.7 Å². The van der Waals surface area contributed by atoms with E-state index < -0.39 is 5.60 Å². The highest BCUT2D eigenvalue weighted by molar-refractivity contribution is 5.58. The first kappa shape index (κ1) is 13.3. The summed E-state index contributed by atoms with van der Waals surface area (Å²) in [7, 11) is 1.50. The van der Waals surface area contributed by atoms with Crippen molar-refractivity contribution in [3.05, 3.63) is 47.0 Å². The lowest BCUT2D eigenvalue weighted by Gasteiger charge is -2.36. The van der Waals surface area contributed by atoms with E-state index in [1.807, 2.05) is 0 Å². The molecule has 2 aromatic carbocycles. The fourth-order valence-electron chi connectivity index (χ4n) is 3.61. The molecule has 2 aromatic rings. The SMILES string of the molecule is COc1cc2c(cc1O)[C@@H]1c3ccc(O)cc3OC[C@@]1(O)C2. The van der Waals surface area contributed by atoms with Gasteiger partial charge in [-0.2, -0.15) is 0 Å². The van der Waals surface area contributed by atoms with Gasteiger partial charge >= 0.3 is 0 Å². The van der Waals surface area contributed by atoms with Gasteiger partial charge in [-0.1, -0.05) is 6.07 Å². The molecule has 0 fully saturated rings. The summed E-state index contributed by atoms with van der Waals surface area (Å²) >= 11 is 0. The number of phenolic OH excluding ortho intramolecular Hbond substituents is 2. The van der Waals surface area contributed by atoms with Gasteiger partial charge in [-0.15, -0.1) is 0 Å². The minimum atomic E-state index is -1.05. The largest absolute Gasteiger partial charge is 0.508 e. The number of methoxy groups -OCH3 is 1. The van der Waals surface area contributed by atoms with Crippen molar-refractivity contribution < 1.29 is 24.8 Å². The maximum absolute atomic E-state index is 11.0. The van der Waals surface area contributed by atoms with Crippen LogP contribution in [0, 0.1) is 0 Å². The Bertz CT molecular complexity index is 770. The van der Waals surface area contributed by atoms with Crippen molar-refractivity contribution >= 4 is 0 Å². The van der Waals surface area contributed by atoms with Crippen molar-refractivity contribution in [1.29, 1.82) is 0 Å². The number of aliphatic hydroxyl groups is 1. The number of fused-ring (bicyclic) bond motifs is 5. The molecule has 0 unspecified atom stereocenters. The molecule has 3 N–H and O–H groups in total. The second-order valence-electron chi connectivity index (χ2n) is 5.95. The Kier molecular flexibility index (Phi) is 2.60. The van der Waals surface area contributed by atoms with Gasteiger partial charge in [0.15, 0.2) is 11.5 Å². The molecule has 1 aliphatic carbocycles. The molecule has 0 amide bonds. The van der Waals surface area contributed by atoms with Crippen molar-refractivity contribution in [1.82, 2.24) is 0 Å². The zero-order chi connectivity index (χ0) is 15.5. The Morgan fingerprint density at radius 3 is 2.77 bits per heavy atom. The molecule has 2 atom stereocenters. The number of rotatable bonds is 1. The van der Waals surface area contributed by atoms with Gasteiger partial charge in [-0.05, 0) is 29.3 Å². The molecular weight excluding hydrogens is 284 g/mol. The monoisotopic (exact) mass is 300 g/mol. The third-order valence-electron chi connectivity index (χ3n) is 4.57. The van der Waals surface area contributed by atoms with Gasteiger partial charge in [-0.25, -0.2) is 0 Å².